The molecule has 0 bridgehead atoms. The van der Waals surface area contributed by atoms with Crippen molar-refractivity contribution in [2.75, 3.05) is 6.54 Å². The van der Waals surface area contributed by atoms with Crippen LogP contribution in [0, 0.1) is 12.7 Å². The van der Waals surface area contributed by atoms with Gasteiger partial charge in [-0.25, -0.2) is 4.39 Å². The molecule has 0 radical (unpaired) electrons. The number of benzene rings is 2. The monoisotopic (exact) mass is 327 g/mol. The predicted octanol–water partition coefficient (Wildman–Crippen LogP) is 4.16. The minimum atomic E-state index is -0.801. The van der Waals surface area contributed by atoms with Crippen LogP contribution in [0.3, 0.4) is 0 Å². The van der Waals surface area contributed by atoms with E-state index in [2.05, 4.69) is 0 Å². The van der Waals surface area contributed by atoms with Gasteiger partial charge in [-0.3, -0.25) is 9.69 Å². The number of aliphatic carboxylic acids is 1. The van der Waals surface area contributed by atoms with Crippen molar-refractivity contribution in [3.8, 4) is 0 Å². The lowest BCUT2D eigenvalue weighted by Crippen LogP contribution is -2.47. The molecule has 126 valence electrons. The van der Waals surface area contributed by atoms with Gasteiger partial charge in [-0.2, -0.15) is 0 Å². The third-order valence-corrected chi connectivity index (χ3v) is 4.81. The minimum absolute atomic E-state index is 0.247. The van der Waals surface area contributed by atoms with Crippen LogP contribution in [0.4, 0.5) is 4.39 Å². The van der Waals surface area contributed by atoms with Gasteiger partial charge in [0.1, 0.15) is 11.9 Å². The molecule has 3 rings (SSSR count). The Kier molecular flexibility index (Phi) is 4.95. The second kappa shape index (κ2) is 7.14. The highest BCUT2D eigenvalue weighted by Gasteiger charge is 2.35. The lowest BCUT2D eigenvalue weighted by atomic mass is 9.89. The molecule has 2 atom stereocenters. The van der Waals surface area contributed by atoms with E-state index in [-0.39, 0.29) is 11.9 Å². The molecule has 0 spiro atoms. The van der Waals surface area contributed by atoms with Crippen molar-refractivity contribution in [3.05, 3.63) is 71.0 Å². The Balaban J connectivity index is 2.11. The fraction of sp³-hybridized carbons (Fsp3) is 0.350. The average Bonchev–Trinajstić information content (AvgIpc) is 2.57. The fourth-order valence-electron chi connectivity index (χ4n) is 3.65. The number of carboxylic acids is 1. The highest BCUT2D eigenvalue weighted by Crippen LogP contribution is 2.35. The molecule has 0 saturated carbocycles. The van der Waals surface area contributed by atoms with Crippen LogP contribution in [0.5, 0.6) is 0 Å². The van der Waals surface area contributed by atoms with Gasteiger partial charge < -0.3 is 5.11 Å². The lowest BCUT2D eigenvalue weighted by molar-refractivity contribution is -0.145. The van der Waals surface area contributed by atoms with E-state index in [0.29, 0.717) is 13.0 Å². The number of hydrogen-bond donors (Lipinski definition) is 1. The van der Waals surface area contributed by atoms with Gasteiger partial charge in [-0.1, -0.05) is 42.8 Å². The van der Waals surface area contributed by atoms with Crippen LogP contribution in [0.15, 0.2) is 48.5 Å². The molecule has 4 heteroatoms. The van der Waals surface area contributed by atoms with Crippen molar-refractivity contribution >= 4 is 5.97 Å². The van der Waals surface area contributed by atoms with E-state index in [9.17, 15) is 14.3 Å². The number of nitrogens with zero attached hydrogens (tertiary/aromatic N) is 1. The fourth-order valence-corrected chi connectivity index (χ4v) is 3.65. The van der Waals surface area contributed by atoms with Crippen LogP contribution in [0.2, 0.25) is 0 Å². The molecule has 0 aliphatic carbocycles. The number of carboxylic acid groups (broad SMARTS) is 1. The highest BCUT2D eigenvalue weighted by atomic mass is 19.1. The topological polar surface area (TPSA) is 40.5 Å². The van der Waals surface area contributed by atoms with Crippen LogP contribution >= 0.6 is 0 Å². The SMILES string of the molecule is Cc1ccccc1C(c1cccc(F)c1)N1CCCCC1C(=O)O. The van der Waals surface area contributed by atoms with Crippen molar-refractivity contribution in [1.29, 1.82) is 0 Å². The molecule has 1 fully saturated rings. The molecule has 1 heterocycles. The van der Waals surface area contributed by atoms with Crippen molar-refractivity contribution in [2.45, 2.75) is 38.3 Å². The van der Waals surface area contributed by atoms with Crippen molar-refractivity contribution in [1.82, 2.24) is 4.90 Å². The van der Waals surface area contributed by atoms with Crippen LogP contribution in [-0.2, 0) is 4.79 Å². The number of piperidine rings is 1. The number of rotatable bonds is 4. The Labute approximate surface area is 141 Å². The number of halogens is 1. The molecule has 24 heavy (non-hydrogen) atoms. The zero-order chi connectivity index (χ0) is 17.1. The molecule has 0 aromatic heterocycles. The Bertz CT molecular complexity index is 731. The third kappa shape index (κ3) is 3.34. The normalized spacial score (nSPS) is 19.8. The lowest BCUT2D eigenvalue weighted by Gasteiger charge is -2.40. The van der Waals surface area contributed by atoms with Gasteiger partial charge in [0.05, 0.1) is 6.04 Å². The molecule has 3 nitrogen and oxygen atoms in total. The summed E-state index contributed by atoms with van der Waals surface area (Å²) in [6, 6.07) is 13.7. The van der Waals surface area contributed by atoms with Gasteiger partial charge in [-0.15, -0.1) is 0 Å². The molecule has 2 unspecified atom stereocenters. The summed E-state index contributed by atoms with van der Waals surface area (Å²) in [5.74, 6) is -1.10. The van der Waals surface area contributed by atoms with Crippen LogP contribution in [-0.4, -0.2) is 28.6 Å². The summed E-state index contributed by atoms with van der Waals surface area (Å²) in [4.78, 5) is 13.8. The first kappa shape index (κ1) is 16.7. The minimum Gasteiger partial charge on any atom is -0.480 e. The quantitative estimate of drug-likeness (QED) is 0.916. The molecule has 1 aliphatic heterocycles. The number of carbonyl (C=O) groups is 1. The van der Waals surface area contributed by atoms with E-state index in [0.717, 1.165) is 29.5 Å². The van der Waals surface area contributed by atoms with Crippen LogP contribution in [0.1, 0.15) is 42.0 Å². The largest absolute Gasteiger partial charge is 0.480 e. The summed E-state index contributed by atoms with van der Waals surface area (Å²) in [5.41, 5.74) is 2.93. The molecule has 2 aromatic carbocycles. The van der Waals surface area contributed by atoms with Gasteiger partial charge in [-0.05, 0) is 55.1 Å². The Morgan fingerprint density at radius 3 is 2.71 bits per heavy atom. The van der Waals surface area contributed by atoms with Gasteiger partial charge in [0.15, 0.2) is 0 Å². The first-order valence-electron chi connectivity index (χ1n) is 8.37. The van der Waals surface area contributed by atoms with E-state index >= 15 is 0 Å². The van der Waals surface area contributed by atoms with Gasteiger partial charge in [0.2, 0.25) is 0 Å². The Morgan fingerprint density at radius 1 is 1.21 bits per heavy atom. The van der Waals surface area contributed by atoms with Crippen LogP contribution in [0.25, 0.3) is 0 Å². The van der Waals surface area contributed by atoms with E-state index in [1.54, 1.807) is 6.07 Å². The van der Waals surface area contributed by atoms with Crippen LogP contribution < -0.4 is 0 Å². The molecule has 1 saturated heterocycles. The summed E-state index contributed by atoms with van der Waals surface area (Å²) >= 11 is 0. The van der Waals surface area contributed by atoms with E-state index in [4.69, 9.17) is 0 Å². The second-order valence-electron chi connectivity index (χ2n) is 6.40. The van der Waals surface area contributed by atoms with Crippen molar-refractivity contribution < 1.29 is 14.3 Å². The summed E-state index contributed by atoms with van der Waals surface area (Å²) in [7, 11) is 0. The molecular formula is C20H22FNO2. The maximum absolute atomic E-state index is 13.8. The summed E-state index contributed by atoms with van der Waals surface area (Å²) in [5, 5.41) is 9.66. The van der Waals surface area contributed by atoms with Gasteiger partial charge in [0.25, 0.3) is 0 Å². The smallest absolute Gasteiger partial charge is 0.320 e. The molecule has 1 aliphatic rings. The molecule has 1 N–H and O–H groups in total. The first-order chi connectivity index (χ1) is 11.6. The third-order valence-electron chi connectivity index (χ3n) is 4.81. The number of likely N-dealkylation sites (tertiary alicyclic amines) is 1. The maximum Gasteiger partial charge on any atom is 0.320 e. The Morgan fingerprint density at radius 2 is 2.00 bits per heavy atom. The van der Waals surface area contributed by atoms with E-state index < -0.39 is 12.0 Å². The van der Waals surface area contributed by atoms with E-state index in [1.165, 1.54) is 12.1 Å². The second-order valence-corrected chi connectivity index (χ2v) is 6.40. The van der Waals surface area contributed by atoms with Gasteiger partial charge in [0, 0.05) is 0 Å². The zero-order valence-electron chi connectivity index (χ0n) is 13.8. The summed E-state index contributed by atoms with van der Waals surface area (Å²) in [6.45, 7) is 2.72. The average molecular weight is 327 g/mol. The number of aryl methyl sites for hydroxylation is 1. The van der Waals surface area contributed by atoms with E-state index in [1.807, 2.05) is 42.2 Å². The van der Waals surface area contributed by atoms with Gasteiger partial charge >= 0.3 is 5.97 Å². The molecule has 2 aromatic rings. The zero-order valence-corrected chi connectivity index (χ0v) is 13.8. The first-order valence-corrected chi connectivity index (χ1v) is 8.37. The molecule has 0 amide bonds. The van der Waals surface area contributed by atoms with Crippen molar-refractivity contribution in [3.63, 3.8) is 0 Å². The maximum atomic E-state index is 13.8. The summed E-state index contributed by atoms with van der Waals surface area (Å²) in [6.07, 6.45) is 2.51. The predicted molar refractivity (Wildman–Crippen MR) is 91.4 cm³/mol. The number of hydrogen-bond acceptors (Lipinski definition) is 2. The highest BCUT2D eigenvalue weighted by molar-refractivity contribution is 5.73. The summed E-state index contributed by atoms with van der Waals surface area (Å²) < 4.78 is 13.8. The standard InChI is InChI=1S/C20H22FNO2/c1-14-7-2-3-10-17(14)19(15-8-6-9-16(21)13-15)22-12-5-4-11-18(22)20(23)24/h2-3,6-10,13,18-19H,4-5,11-12H2,1H3,(H,23,24). The Hall–Kier alpha value is -2.20. The molecular weight excluding hydrogens is 305 g/mol. The van der Waals surface area contributed by atoms with Crippen molar-refractivity contribution in [2.24, 2.45) is 0 Å².